The molecule has 1 aliphatic heterocycles. The van der Waals surface area contributed by atoms with E-state index >= 15 is 0 Å². The zero-order valence-corrected chi connectivity index (χ0v) is 13.9. The minimum Gasteiger partial charge on any atom is -0.471 e. The number of nitrogens with zero attached hydrogens (tertiary/aromatic N) is 3. The van der Waals surface area contributed by atoms with E-state index in [2.05, 4.69) is 10.2 Å². The van der Waals surface area contributed by atoms with Crippen LogP contribution < -0.4 is 4.74 Å². The van der Waals surface area contributed by atoms with Crippen LogP contribution in [0.5, 0.6) is 5.88 Å². The van der Waals surface area contributed by atoms with E-state index in [-0.39, 0.29) is 12.0 Å². The Hall–Kier alpha value is -2.47. The lowest BCUT2D eigenvalue weighted by molar-refractivity contribution is 0.0530. The van der Waals surface area contributed by atoms with Gasteiger partial charge in [0.25, 0.3) is 5.91 Å². The van der Waals surface area contributed by atoms with Gasteiger partial charge in [0.2, 0.25) is 5.88 Å². The molecule has 1 fully saturated rings. The summed E-state index contributed by atoms with van der Waals surface area (Å²) in [5.41, 5.74) is 0. The quantitative estimate of drug-likeness (QED) is 0.734. The molecule has 24 heavy (non-hydrogen) atoms. The van der Waals surface area contributed by atoms with E-state index in [0.717, 1.165) is 34.3 Å². The van der Waals surface area contributed by atoms with Gasteiger partial charge in [0.05, 0.1) is 11.4 Å². The van der Waals surface area contributed by atoms with Crippen molar-refractivity contribution in [1.82, 2.24) is 15.1 Å². The predicted octanol–water partition coefficient (Wildman–Crippen LogP) is 3.37. The maximum absolute atomic E-state index is 12.8. The first-order valence-corrected chi connectivity index (χ1v) is 8.83. The summed E-state index contributed by atoms with van der Waals surface area (Å²) in [7, 11) is 0. The van der Waals surface area contributed by atoms with E-state index in [9.17, 15) is 4.79 Å². The van der Waals surface area contributed by atoms with Crippen molar-refractivity contribution in [1.29, 1.82) is 0 Å². The van der Waals surface area contributed by atoms with Gasteiger partial charge in [0.1, 0.15) is 6.10 Å². The number of fused-ring (bicyclic) bond motifs is 1. The molecule has 1 aromatic carbocycles. The van der Waals surface area contributed by atoms with Crippen molar-refractivity contribution in [2.45, 2.75) is 18.9 Å². The van der Waals surface area contributed by atoms with E-state index in [1.807, 2.05) is 35.2 Å². The van der Waals surface area contributed by atoms with E-state index in [1.54, 1.807) is 29.7 Å². The van der Waals surface area contributed by atoms with Crippen LogP contribution in [0, 0.1) is 0 Å². The second-order valence-corrected chi connectivity index (χ2v) is 6.93. The van der Waals surface area contributed by atoms with Gasteiger partial charge in [-0.05, 0) is 36.4 Å². The lowest BCUT2D eigenvalue weighted by atomic mass is 10.1. The molecular formula is C18H17N3O2S. The molecule has 0 radical (unpaired) electrons. The summed E-state index contributed by atoms with van der Waals surface area (Å²) >= 11 is 1.55. The number of thiophene rings is 1. The zero-order valence-electron chi connectivity index (χ0n) is 13.1. The summed E-state index contributed by atoms with van der Waals surface area (Å²) in [6, 6.07) is 13.7. The summed E-state index contributed by atoms with van der Waals surface area (Å²) in [5.74, 6) is 0.599. The number of piperidine rings is 1. The van der Waals surface area contributed by atoms with Crippen LogP contribution in [0.4, 0.5) is 0 Å². The van der Waals surface area contributed by atoms with Crippen molar-refractivity contribution in [3.8, 4) is 5.88 Å². The maximum atomic E-state index is 12.8. The molecule has 1 unspecified atom stereocenters. The lowest BCUT2D eigenvalue weighted by Crippen LogP contribution is -2.44. The SMILES string of the molecule is O=C(c1cc2ccccc2s1)N1CCCC(Oc2cccnn2)C1. The molecule has 3 aromatic rings. The highest BCUT2D eigenvalue weighted by Gasteiger charge is 2.27. The average Bonchev–Trinajstić information content (AvgIpc) is 3.06. The van der Waals surface area contributed by atoms with Crippen molar-refractivity contribution >= 4 is 27.3 Å². The van der Waals surface area contributed by atoms with Crippen LogP contribution in [-0.2, 0) is 0 Å². The van der Waals surface area contributed by atoms with Gasteiger partial charge in [-0.15, -0.1) is 16.4 Å². The van der Waals surface area contributed by atoms with Crippen molar-refractivity contribution in [2.75, 3.05) is 13.1 Å². The summed E-state index contributed by atoms with van der Waals surface area (Å²) in [5, 5.41) is 8.90. The van der Waals surface area contributed by atoms with E-state index in [4.69, 9.17) is 4.74 Å². The number of carbonyl (C=O) groups is 1. The zero-order chi connectivity index (χ0) is 16.4. The number of hydrogen-bond donors (Lipinski definition) is 0. The molecule has 6 heteroatoms. The number of benzene rings is 1. The Morgan fingerprint density at radius 2 is 2.17 bits per heavy atom. The Morgan fingerprint density at radius 3 is 3.00 bits per heavy atom. The van der Waals surface area contributed by atoms with Gasteiger partial charge in [-0.25, -0.2) is 0 Å². The normalized spacial score (nSPS) is 17.8. The molecule has 3 heterocycles. The highest BCUT2D eigenvalue weighted by Crippen LogP contribution is 2.27. The molecule has 2 aromatic heterocycles. The van der Waals surface area contributed by atoms with Crippen molar-refractivity contribution < 1.29 is 9.53 Å². The van der Waals surface area contributed by atoms with Crippen LogP contribution in [0.25, 0.3) is 10.1 Å². The molecule has 1 amide bonds. The first-order valence-electron chi connectivity index (χ1n) is 8.02. The predicted molar refractivity (Wildman–Crippen MR) is 93.4 cm³/mol. The number of aromatic nitrogens is 2. The topological polar surface area (TPSA) is 55.3 Å². The second-order valence-electron chi connectivity index (χ2n) is 5.84. The van der Waals surface area contributed by atoms with Gasteiger partial charge < -0.3 is 9.64 Å². The Labute approximate surface area is 143 Å². The molecule has 1 saturated heterocycles. The molecular weight excluding hydrogens is 322 g/mol. The maximum Gasteiger partial charge on any atom is 0.264 e. The smallest absolute Gasteiger partial charge is 0.264 e. The molecule has 122 valence electrons. The van der Waals surface area contributed by atoms with Crippen molar-refractivity contribution in [3.63, 3.8) is 0 Å². The number of hydrogen-bond acceptors (Lipinski definition) is 5. The Balaban J connectivity index is 1.48. The van der Waals surface area contributed by atoms with Crippen LogP contribution in [0.1, 0.15) is 22.5 Å². The molecule has 0 aliphatic carbocycles. The fourth-order valence-electron chi connectivity index (χ4n) is 2.98. The van der Waals surface area contributed by atoms with Crippen LogP contribution in [0.3, 0.4) is 0 Å². The average molecular weight is 339 g/mol. The third kappa shape index (κ3) is 3.10. The van der Waals surface area contributed by atoms with Gasteiger partial charge in [-0.1, -0.05) is 18.2 Å². The first kappa shape index (κ1) is 15.1. The van der Waals surface area contributed by atoms with E-state index < -0.39 is 0 Å². The number of rotatable bonds is 3. The van der Waals surface area contributed by atoms with E-state index in [0.29, 0.717) is 12.4 Å². The monoisotopic (exact) mass is 339 g/mol. The highest BCUT2D eigenvalue weighted by molar-refractivity contribution is 7.20. The lowest BCUT2D eigenvalue weighted by Gasteiger charge is -2.32. The molecule has 1 aliphatic rings. The Morgan fingerprint density at radius 1 is 1.25 bits per heavy atom. The fraction of sp³-hybridized carbons (Fsp3) is 0.278. The third-order valence-electron chi connectivity index (χ3n) is 4.14. The number of likely N-dealkylation sites (tertiary alicyclic amines) is 1. The molecule has 5 nitrogen and oxygen atoms in total. The largest absolute Gasteiger partial charge is 0.471 e. The summed E-state index contributed by atoms with van der Waals surface area (Å²) < 4.78 is 7.01. The summed E-state index contributed by atoms with van der Waals surface area (Å²) in [4.78, 5) is 15.5. The van der Waals surface area contributed by atoms with Crippen molar-refractivity contribution in [3.05, 3.63) is 53.5 Å². The molecule has 1 atom stereocenters. The third-order valence-corrected chi connectivity index (χ3v) is 5.24. The summed E-state index contributed by atoms with van der Waals surface area (Å²) in [6.07, 6.45) is 3.44. The molecule has 0 bridgehead atoms. The molecule has 0 saturated carbocycles. The number of ether oxygens (including phenoxy) is 1. The van der Waals surface area contributed by atoms with Gasteiger partial charge in [0, 0.05) is 23.5 Å². The number of carbonyl (C=O) groups excluding carboxylic acids is 1. The number of amides is 1. The Kier molecular flexibility index (Phi) is 4.13. The minimum atomic E-state index is -0.0335. The fourth-order valence-corrected chi connectivity index (χ4v) is 4.01. The highest BCUT2D eigenvalue weighted by atomic mass is 32.1. The van der Waals surface area contributed by atoms with Crippen molar-refractivity contribution in [2.24, 2.45) is 0 Å². The molecule has 4 rings (SSSR count). The van der Waals surface area contributed by atoms with E-state index in [1.165, 1.54) is 0 Å². The van der Waals surface area contributed by atoms with Gasteiger partial charge >= 0.3 is 0 Å². The second kappa shape index (κ2) is 6.57. The molecule has 0 N–H and O–H groups in total. The molecule has 0 spiro atoms. The van der Waals surface area contributed by atoms with Crippen LogP contribution in [-0.4, -0.2) is 40.2 Å². The van der Waals surface area contributed by atoms with Crippen LogP contribution in [0.15, 0.2) is 48.7 Å². The summed E-state index contributed by atoms with van der Waals surface area (Å²) in [6.45, 7) is 1.36. The van der Waals surface area contributed by atoms with Crippen LogP contribution in [0.2, 0.25) is 0 Å². The van der Waals surface area contributed by atoms with Gasteiger partial charge in [0.15, 0.2) is 0 Å². The Bertz CT molecular complexity index is 817. The standard InChI is InChI=1S/C18H17N3O2S/c22-18(16-11-13-5-1-2-7-15(13)24-16)21-10-4-6-14(12-21)23-17-8-3-9-19-20-17/h1-3,5,7-9,11,14H,4,6,10,12H2. The van der Waals surface area contributed by atoms with Gasteiger partial charge in [-0.3, -0.25) is 4.79 Å². The minimum absolute atomic E-state index is 0.0335. The first-order chi connectivity index (χ1) is 11.8. The van der Waals surface area contributed by atoms with Crippen LogP contribution >= 0.6 is 11.3 Å². The van der Waals surface area contributed by atoms with Gasteiger partial charge in [-0.2, -0.15) is 5.10 Å².